The van der Waals surface area contributed by atoms with Gasteiger partial charge in [-0.05, 0) is 53.2 Å². The van der Waals surface area contributed by atoms with Gasteiger partial charge >= 0.3 is 0 Å². The third-order valence-electron chi connectivity index (χ3n) is 3.22. The molecule has 2 rings (SSSR count). The van der Waals surface area contributed by atoms with Crippen LogP contribution in [0.2, 0.25) is 5.02 Å². The normalized spacial score (nSPS) is 10.7. The molecule has 4 nitrogen and oxygen atoms in total. The minimum Gasteiger partial charge on any atom is -0.491 e. The van der Waals surface area contributed by atoms with Crippen molar-refractivity contribution in [1.29, 1.82) is 0 Å². The van der Waals surface area contributed by atoms with Gasteiger partial charge in [-0.3, -0.25) is 4.79 Å². The highest BCUT2D eigenvalue weighted by molar-refractivity contribution is 9.10. The highest BCUT2D eigenvalue weighted by atomic mass is 79.9. The number of pyridine rings is 1. The maximum Gasteiger partial charge on any atom is 0.269 e. The second-order valence-electron chi connectivity index (χ2n) is 4.60. The molecule has 2 aromatic rings. The Kier molecular flexibility index (Phi) is 6.06. The largest absolute Gasteiger partial charge is 0.491 e. The molecule has 6 heteroatoms. The minimum absolute atomic E-state index is 0.186. The van der Waals surface area contributed by atoms with E-state index in [1.54, 1.807) is 17.7 Å². The van der Waals surface area contributed by atoms with Crippen molar-refractivity contribution in [3.63, 3.8) is 0 Å². The number of rotatable bonds is 6. The molecule has 0 fully saturated rings. The van der Waals surface area contributed by atoms with E-state index >= 15 is 0 Å². The number of aromatic nitrogens is 1. The summed E-state index contributed by atoms with van der Waals surface area (Å²) >= 11 is 9.45. The third kappa shape index (κ3) is 3.72. The van der Waals surface area contributed by atoms with Gasteiger partial charge in [-0.15, -0.1) is 0 Å². The SMILES string of the molecule is CCn1c(-c2ccc(OCCOC)cc2Br)ccc(Cl)c1=O. The quantitative estimate of drug-likeness (QED) is 0.705. The summed E-state index contributed by atoms with van der Waals surface area (Å²) < 4.78 is 13.0. The van der Waals surface area contributed by atoms with Crippen LogP contribution < -0.4 is 10.3 Å². The van der Waals surface area contributed by atoms with Crippen LogP contribution in [0.25, 0.3) is 11.3 Å². The summed E-state index contributed by atoms with van der Waals surface area (Å²) in [4.78, 5) is 12.1. The van der Waals surface area contributed by atoms with Crippen LogP contribution in [-0.4, -0.2) is 24.9 Å². The van der Waals surface area contributed by atoms with Crippen molar-refractivity contribution in [3.05, 3.63) is 50.2 Å². The lowest BCUT2D eigenvalue weighted by atomic mass is 10.1. The van der Waals surface area contributed by atoms with E-state index in [0.29, 0.717) is 19.8 Å². The topological polar surface area (TPSA) is 40.5 Å². The van der Waals surface area contributed by atoms with Crippen LogP contribution in [-0.2, 0) is 11.3 Å². The van der Waals surface area contributed by atoms with Crippen molar-refractivity contribution in [2.75, 3.05) is 20.3 Å². The fourth-order valence-electron chi connectivity index (χ4n) is 2.14. The fourth-order valence-corrected chi connectivity index (χ4v) is 2.86. The van der Waals surface area contributed by atoms with Gasteiger partial charge in [-0.1, -0.05) is 11.6 Å². The molecule has 0 spiro atoms. The van der Waals surface area contributed by atoms with Crippen molar-refractivity contribution < 1.29 is 9.47 Å². The number of ether oxygens (including phenoxy) is 2. The summed E-state index contributed by atoms with van der Waals surface area (Å²) in [5.74, 6) is 0.743. The molecule has 118 valence electrons. The molecule has 1 aromatic carbocycles. The first kappa shape index (κ1) is 17.1. The Morgan fingerprint density at radius 2 is 2.00 bits per heavy atom. The molecule has 0 atom stereocenters. The molecule has 0 aliphatic rings. The van der Waals surface area contributed by atoms with Gasteiger partial charge in [0.2, 0.25) is 0 Å². The molecule has 0 aliphatic heterocycles. The molecule has 0 N–H and O–H groups in total. The van der Waals surface area contributed by atoms with Gasteiger partial charge in [0, 0.05) is 23.7 Å². The maximum atomic E-state index is 12.1. The zero-order valence-corrected chi connectivity index (χ0v) is 14.8. The fraction of sp³-hybridized carbons (Fsp3) is 0.312. The summed E-state index contributed by atoms with van der Waals surface area (Å²) in [5.41, 5.74) is 1.54. The Bertz CT molecular complexity index is 715. The van der Waals surface area contributed by atoms with Crippen LogP contribution in [0.3, 0.4) is 0 Å². The third-order valence-corrected chi connectivity index (χ3v) is 4.16. The molecule has 0 saturated carbocycles. The van der Waals surface area contributed by atoms with Gasteiger partial charge in [0.25, 0.3) is 5.56 Å². The molecule has 1 heterocycles. The predicted octanol–water partition coefficient (Wildman–Crippen LogP) is 3.98. The molecular weight excluding hydrogens is 370 g/mol. The average Bonchev–Trinajstić information content (AvgIpc) is 2.51. The summed E-state index contributed by atoms with van der Waals surface area (Å²) in [7, 11) is 1.63. The molecule has 22 heavy (non-hydrogen) atoms. The van der Waals surface area contributed by atoms with Crippen molar-refractivity contribution in [2.24, 2.45) is 0 Å². The van der Waals surface area contributed by atoms with E-state index in [2.05, 4.69) is 15.9 Å². The van der Waals surface area contributed by atoms with E-state index in [4.69, 9.17) is 21.1 Å². The van der Waals surface area contributed by atoms with Crippen molar-refractivity contribution in [1.82, 2.24) is 4.57 Å². The molecule has 0 amide bonds. The molecule has 0 radical (unpaired) electrons. The number of hydrogen-bond acceptors (Lipinski definition) is 3. The smallest absolute Gasteiger partial charge is 0.269 e. The van der Waals surface area contributed by atoms with Gasteiger partial charge < -0.3 is 14.0 Å². The van der Waals surface area contributed by atoms with Gasteiger partial charge in [-0.2, -0.15) is 0 Å². The Balaban J connectivity index is 2.38. The predicted molar refractivity (Wildman–Crippen MR) is 91.9 cm³/mol. The summed E-state index contributed by atoms with van der Waals surface area (Å²) in [6, 6.07) is 9.14. The molecule has 0 bridgehead atoms. The Morgan fingerprint density at radius 3 is 2.64 bits per heavy atom. The number of benzene rings is 1. The standard InChI is InChI=1S/C16H17BrClNO3/c1-3-19-15(7-6-14(18)16(19)20)12-5-4-11(10-13(12)17)22-9-8-21-2/h4-7,10H,3,8-9H2,1-2H3. The van der Waals surface area contributed by atoms with Crippen molar-refractivity contribution >= 4 is 27.5 Å². The first-order valence-electron chi connectivity index (χ1n) is 6.89. The van der Waals surface area contributed by atoms with Crippen LogP contribution in [0.5, 0.6) is 5.75 Å². The van der Waals surface area contributed by atoms with E-state index in [1.165, 1.54) is 0 Å². The molecule has 1 aromatic heterocycles. The number of halogens is 2. The Labute approximate surface area is 142 Å². The van der Waals surface area contributed by atoms with Gasteiger partial charge in [0.05, 0.1) is 12.3 Å². The number of methoxy groups -OCH3 is 1. The minimum atomic E-state index is -0.186. The van der Waals surface area contributed by atoms with Crippen molar-refractivity contribution in [2.45, 2.75) is 13.5 Å². The highest BCUT2D eigenvalue weighted by Crippen LogP contribution is 2.31. The zero-order chi connectivity index (χ0) is 16.1. The highest BCUT2D eigenvalue weighted by Gasteiger charge is 2.11. The molecule has 0 saturated heterocycles. The monoisotopic (exact) mass is 385 g/mol. The lowest BCUT2D eigenvalue weighted by Crippen LogP contribution is -2.21. The van der Waals surface area contributed by atoms with E-state index < -0.39 is 0 Å². The molecule has 0 unspecified atom stereocenters. The van der Waals surface area contributed by atoms with E-state index in [-0.39, 0.29) is 10.6 Å². The summed E-state index contributed by atoms with van der Waals surface area (Å²) in [6.07, 6.45) is 0. The van der Waals surface area contributed by atoms with Crippen LogP contribution >= 0.6 is 27.5 Å². The van der Waals surface area contributed by atoms with Gasteiger partial charge in [-0.25, -0.2) is 0 Å². The van der Waals surface area contributed by atoms with E-state index in [9.17, 15) is 4.79 Å². The average molecular weight is 387 g/mol. The second kappa shape index (κ2) is 7.81. The lowest BCUT2D eigenvalue weighted by Gasteiger charge is -2.14. The summed E-state index contributed by atoms with van der Waals surface area (Å²) in [6.45, 7) is 3.49. The van der Waals surface area contributed by atoms with E-state index in [1.807, 2.05) is 31.2 Å². The van der Waals surface area contributed by atoms with Crippen LogP contribution in [0.15, 0.2) is 39.6 Å². The molecule has 0 aliphatic carbocycles. The second-order valence-corrected chi connectivity index (χ2v) is 5.86. The Morgan fingerprint density at radius 1 is 1.23 bits per heavy atom. The van der Waals surface area contributed by atoms with E-state index in [0.717, 1.165) is 21.5 Å². The zero-order valence-electron chi connectivity index (χ0n) is 12.4. The lowest BCUT2D eigenvalue weighted by molar-refractivity contribution is 0.146. The first-order valence-corrected chi connectivity index (χ1v) is 8.06. The Hall–Kier alpha value is -1.30. The van der Waals surface area contributed by atoms with Crippen LogP contribution in [0, 0.1) is 0 Å². The van der Waals surface area contributed by atoms with Gasteiger partial charge in [0.1, 0.15) is 17.4 Å². The summed E-state index contributed by atoms with van der Waals surface area (Å²) in [5, 5.41) is 0.223. The van der Waals surface area contributed by atoms with Gasteiger partial charge in [0.15, 0.2) is 0 Å². The number of hydrogen-bond donors (Lipinski definition) is 0. The van der Waals surface area contributed by atoms with Crippen LogP contribution in [0.1, 0.15) is 6.92 Å². The first-order chi connectivity index (χ1) is 10.6. The van der Waals surface area contributed by atoms with Crippen molar-refractivity contribution in [3.8, 4) is 17.0 Å². The molecular formula is C16H17BrClNO3. The van der Waals surface area contributed by atoms with Crippen LogP contribution in [0.4, 0.5) is 0 Å². The maximum absolute atomic E-state index is 12.1. The number of nitrogens with zero attached hydrogens (tertiary/aromatic N) is 1.